The number of hydrogen-bond donors (Lipinski definition) is 0. The van der Waals surface area contributed by atoms with Crippen molar-refractivity contribution in [2.75, 3.05) is 5.75 Å². The van der Waals surface area contributed by atoms with Gasteiger partial charge in [0, 0.05) is 35.6 Å². The summed E-state index contributed by atoms with van der Waals surface area (Å²) in [7, 11) is 0. The highest BCUT2D eigenvalue weighted by Gasteiger charge is 2.27. The number of nitrogens with zero attached hydrogens (tertiary/aromatic N) is 3. The van der Waals surface area contributed by atoms with E-state index in [1.165, 1.54) is 11.5 Å². The van der Waals surface area contributed by atoms with Gasteiger partial charge in [0.2, 0.25) is 0 Å². The van der Waals surface area contributed by atoms with Crippen LogP contribution in [0.4, 0.5) is 13.2 Å². The molecule has 0 aliphatic rings. The number of halogens is 3. The number of imidazole rings is 1. The Kier molecular flexibility index (Phi) is 3.72. The van der Waals surface area contributed by atoms with Gasteiger partial charge in [0.15, 0.2) is 0 Å². The van der Waals surface area contributed by atoms with Crippen molar-refractivity contribution in [1.82, 2.24) is 13.9 Å². The molecule has 0 unspecified atom stereocenters. The van der Waals surface area contributed by atoms with E-state index in [0.29, 0.717) is 5.82 Å². The summed E-state index contributed by atoms with van der Waals surface area (Å²) in [6, 6.07) is 0. The number of rotatable bonds is 4. The molecule has 3 nitrogen and oxygen atoms in total. The Morgan fingerprint density at radius 3 is 2.88 bits per heavy atom. The molecule has 2 rings (SSSR count). The molecular formula is C9H8F3N3S2. The van der Waals surface area contributed by atoms with Gasteiger partial charge in [-0.25, -0.2) is 9.36 Å². The Bertz CT molecular complexity index is 464. The normalized spacial score (nSPS) is 11.9. The lowest BCUT2D eigenvalue weighted by Crippen LogP contribution is -2.07. The predicted octanol–water partition coefficient (Wildman–Crippen LogP) is 3.26. The first-order chi connectivity index (χ1) is 8.06. The van der Waals surface area contributed by atoms with E-state index in [9.17, 15) is 13.2 Å². The summed E-state index contributed by atoms with van der Waals surface area (Å²) >= 11 is 1.26. The zero-order valence-corrected chi connectivity index (χ0v) is 10.1. The SMILES string of the molecule is FC(F)(F)SCCn1ccnc1-c1cnsc1. The highest BCUT2D eigenvalue weighted by atomic mass is 32.2. The van der Waals surface area contributed by atoms with Crippen LogP contribution >= 0.6 is 23.3 Å². The van der Waals surface area contributed by atoms with E-state index in [1.807, 2.05) is 5.38 Å². The van der Waals surface area contributed by atoms with E-state index in [2.05, 4.69) is 9.36 Å². The number of thioether (sulfide) groups is 1. The molecule has 0 aliphatic carbocycles. The van der Waals surface area contributed by atoms with Crippen LogP contribution in [0.3, 0.4) is 0 Å². The molecule has 0 bridgehead atoms. The van der Waals surface area contributed by atoms with Crippen molar-refractivity contribution in [3.05, 3.63) is 24.0 Å². The molecule has 0 saturated heterocycles. The van der Waals surface area contributed by atoms with Gasteiger partial charge < -0.3 is 4.57 Å². The Morgan fingerprint density at radius 2 is 2.24 bits per heavy atom. The molecule has 0 aliphatic heterocycles. The van der Waals surface area contributed by atoms with E-state index in [4.69, 9.17) is 0 Å². The average Bonchev–Trinajstić information content (AvgIpc) is 2.82. The molecule has 0 radical (unpaired) electrons. The van der Waals surface area contributed by atoms with Crippen molar-refractivity contribution in [2.24, 2.45) is 0 Å². The minimum absolute atomic E-state index is 0.0234. The van der Waals surface area contributed by atoms with Gasteiger partial charge in [-0.1, -0.05) is 0 Å². The first kappa shape index (κ1) is 12.4. The quantitative estimate of drug-likeness (QED) is 0.860. The maximum Gasteiger partial charge on any atom is 0.441 e. The Morgan fingerprint density at radius 1 is 1.41 bits per heavy atom. The predicted molar refractivity (Wildman–Crippen MR) is 61.8 cm³/mol. The van der Waals surface area contributed by atoms with Crippen molar-refractivity contribution in [3.63, 3.8) is 0 Å². The van der Waals surface area contributed by atoms with Gasteiger partial charge in [-0.05, 0) is 23.3 Å². The third-order valence-electron chi connectivity index (χ3n) is 2.00. The second kappa shape index (κ2) is 5.09. The molecule has 0 fully saturated rings. The molecule has 0 amide bonds. The molecule has 0 saturated carbocycles. The van der Waals surface area contributed by atoms with Gasteiger partial charge in [-0.15, -0.1) is 0 Å². The van der Waals surface area contributed by atoms with Crippen molar-refractivity contribution in [3.8, 4) is 11.4 Å². The van der Waals surface area contributed by atoms with Crippen molar-refractivity contribution < 1.29 is 13.2 Å². The lowest BCUT2D eigenvalue weighted by molar-refractivity contribution is -0.0328. The van der Waals surface area contributed by atoms with Crippen molar-refractivity contribution in [2.45, 2.75) is 12.1 Å². The lowest BCUT2D eigenvalue weighted by atomic mass is 10.3. The maximum absolute atomic E-state index is 12.0. The second-order valence-electron chi connectivity index (χ2n) is 3.15. The third kappa shape index (κ3) is 3.47. The van der Waals surface area contributed by atoms with Crippen LogP contribution in [0.15, 0.2) is 24.0 Å². The van der Waals surface area contributed by atoms with Crippen LogP contribution in [-0.4, -0.2) is 25.2 Å². The van der Waals surface area contributed by atoms with E-state index in [1.54, 1.807) is 23.2 Å². The molecule has 17 heavy (non-hydrogen) atoms. The van der Waals surface area contributed by atoms with Crippen molar-refractivity contribution in [1.29, 1.82) is 0 Å². The first-order valence-corrected chi connectivity index (χ1v) is 6.50. The number of hydrogen-bond acceptors (Lipinski definition) is 4. The van der Waals surface area contributed by atoms with Crippen LogP contribution in [0.5, 0.6) is 0 Å². The molecule has 0 N–H and O–H groups in total. The van der Waals surface area contributed by atoms with E-state index in [0.717, 1.165) is 5.56 Å². The highest BCUT2D eigenvalue weighted by Crippen LogP contribution is 2.30. The van der Waals surface area contributed by atoms with Crippen LogP contribution in [0, 0.1) is 0 Å². The summed E-state index contributed by atoms with van der Waals surface area (Å²) in [6.07, 6.45) is 4.90. The largest absolute Gasteiger partial charge is 0.441 e. The summed E-state index contributed by atoms with van der Waals surface area (Å²) < 4.78 is 41.6. The van der Waals surface area contributed by atoms with Gasteiger partial charge in [0.05, 0.1) is 6.20 Å². The van der Waals surface area contributed by atoms with Crippen LogP contribution in [0.2, 0.25) is 0 Å². The minimum atomic E-state index is -4.18. The topological polar surface area (TPSA) is 30.7 Å². The third-order valence-corrected chi connectivity index (χ3v) is 3.30. The smallest absolute Gasteiger partial charge is 0.330 e. The summed E-state index contributed by atoms with van der Waals surface area (Å²) in [5, 5.41) is 1.82. The fourth-order valence-electron chi connectivity index (χ4n) is 1.32. The monoisotopic (exact) mass is 279 g/mol. The van der Waals surface area contributed by atoms with Gasteiger partial charge in [-0.2, -0.15) is 13.2 Å². The zero-order chi connectivity index (χ0) is 12.3. The molecule has 8 heteroatoms. The highest BCUT2D eigenvalue weighted by molar-refractivity contribution is 8.00. The van der Waals surface area contributed by atoms with Gasteiger partial charge >= 0.3 is 5.51 Å². The van der Waals surface area contributed by atoms with Gasteiger partial charge in [-0.3, -0.25) is 0 Å². The van der Waals surface area contributed by atoms with E-state index in [-0.39, 0.29) is 24.1 Å². The number of aromatic nitrogens is 3. The molecule has 2 heterocycles. The molecule has 0 atom stereocenters. The van der Waals surface area contributed by atoms with Gasteiger partial charge in [0.1, 0.15) is 5.82 Å². The maximum atomic E-state index is 12.0. The Labute approximate surface area is 104 Å². The zero-order valence-electron chi connectivity index (χ0n) is 8.52. The molecule has 2 aromatic heterocycles. The first-order valence-electron chi connectivity index (χ1n) is 4.68. The van der Waals surface area contributed by atoms with Crippen molar-refractivity contribution >= 4 is 23.3 Å². The molecule has 2 aromatic rings. The minimum Gasteiger partial charge on any atom is -0.330 e. The molecule has 0 aromatic carbocycles. The molecule has 0 spiro atoms. The fraction of sp³-hybridized carbons (Fsp3) is 0.333. The van der Waals surface area contributed by atoms with Crippen LogP contribution in [0.1, 0.15) is 0 Å². The Hall–Kier alpha value is -1.02. The van der Waals surface area contributed by atoms with E-state index < -0.39 is 5.51 Å². The lowest BCUT2D eigenvalue weighted by Gasteiger charge is -2.08. The van der Waals surface area contributed by atoms with Crippen LogP contribution in [0.25, 0.3) is 11.4 Å². The fourth-order valence-corrected chi connectivity index (χ4v) is 2.36. The number of aryl methyl sites for hydroxylation is 1. The van der Waals surface area contributed by atoms with Gasteiger partial charge in [0.25, 0.3) is 0 Å². The van der Waals surface area contributed by atoms with E-state index >= 15 is 0 Å². The molecule has 92 valence electrons. The number of alkyl halides is 3. The summed E-state index contributed by atoms with van der Waals surface area (Å²) in [5.41, 5.74) is -3.35. The summed E-state index contributed by atoms with van der Waals surface area (Å²) in [5.74, 6) is 0.631. The summed E-state index contributed by atoms with van der Waals surface area (Å²) in [6.45, 7) is 0.273. The standard InChI is InChI=1S/C9H8F3N3S2/c10-9(11,12)16-4-3-15-2-1-13-8(15)7-5-14-17-6-7/h1-2,5-6H,3-4H2. The molecular weight excluding hydrogens is 271 g/mol. The van der Waals surface area contributed by atoms with Crippen LogP contribution < -0.4 is 0 Å². The van der Waals surface area contributed by atoms with Crippen LogP contribution in [-0.2, 0) is 6.54 Å². The Balaban J connectivity index is 2.01. The summed E-state index contributed by atoms with van der Waals surface area (Å²) in [4.78, 5) is 4.11. The second-order valence-corrected chi connectivity index (χ2v) is 4.97. The average molecular weight is 279 g/mol.